The van der Waals surface area contributed by atoms with Gasteiger partial charge in [-0.2, -0.15) is 0 Å². The predicted molar refractivity (Wildman–Crippen MR) is 108 cm³/mol. The third kappa shape index (κ3) is 5.20. The van der Waals surface area contributed by atoms with E-state index in [-0.39, 0.29) is 11.2 Å². The average Bonchev–Trinajstić information content (AvgIpc) is 3.18. The summed E-state index contributed by atoms with van der Waals surface area (Å²) in [5.41, 5.74) is 2.10. The van der Waals surface area contributed by atoms with Crippen LogP contribution in [0.4, 0.5) is 0 Å². The highest BCUT2D eigenvalue weighted by Crippen LogP contribution is 2.26. The van der Waals surface area contributed by atoms with Gasteiger partial charge in [-0.15, -0.1) is 10.2 Å². The van der Waals surface area contributed by atoms with Gasteiger partial charge in [-0.25, -0.2) is 0 Å². The van der Waals surface area contributed by atoms with Gasteiger partial charge >= 0.3 is 0 Å². The first kappa shape index (κ1) is 19.2. The van der Waals surface area contributed by atoms with E-state index < -0.39 is 0 Å². The Morgan fingerprint density at radius 2 is 1.74 bits per heavy atom. The number of carbonyl (C=O) groups is 1. The minimum atomic E-state index is -0.317. The van der Waals surface area contributed by atoms with Gasteiger partial charge in [0.25, 0.3) is 5.22 Å². The van der Waals surface area contributed by atoms with Crippen molar-refractivity contribution in [3.8, 4) is 11.5 Å². The van der Waals surface area contributed by atoms with E-state index in [2.05, 4.69) is 34.6 Å². The van der Waals surface area contributed by atoms with Gasteiger partial charge in [0, 0.05) is 18.0 Å². The molecule has 2 atom stereocenters. The number of thioether (sulfide) groups is 1. The van der Waals surface area contributed by atoms with Crippen LogP contribution < -0.4 is 5.32 Å². The van der Waals surface area contributed by atoms with E-state index in [1.165, 1.54) is 17.3 Å². The van der Waals surface area contributed by atoms with Crippen molar-refractivity contribution >= 4 is 17.7 Å². The van der Waals surface area contributed by atoms with Gasteiger partial charge in [0.15, 0.2) is 0 Å². The third-order valence-corrected chi connectivity index (χ3v) is 5.29. The van der Waals surface area contributed by atoms with Gasteiger partial charge in [-0.3, -0.25) is 4.79 Å². The molecule has 1 heterocycles. The molecule has 1 N–H and O–H groups in total. The van der Waals surface area contributed by atoms with E-state index in [4.69, 9.17) is 4.42 Å². The Kier molecular flexibility index (Phi) is 6.65. The Labute approximate surface area is 163 Å². The first-order chi connectivity index (χ1) is 13.2. The maximum absolute atomic E-state index is 12.5. The van der Waals surface area contributed by atoms with Crippen LogP contribution in [0.2, 0.25) is 0 Å². The Morgan fingerprint density at radius 3 is 2.41 bits per heavy atom. The second kappa shape index (κ2) is 9.37. The fourth-order valence-electron chi connectivity index (χ4n) is 2.75. The van der Waals surface area contributed by atoms with Crippen LogP contribution in [0.5, 0.6) is 0 Å². The average molecular weight is 382 g/mol. The Balaban J connectivity index is 1.54. The molecular weight excluding hydrogens is 358 g/mol. The van der Waals surface area contributed by atoms with Crippen molar-refractivity contribution in [2.75, 3.05) is 6.54 Å². The third-order valence-electron chi connectivity index (χ3n) is 4.36. The van der Waals surface area contributed by atoms with E-state index in [0.29, 0.717) is 23.6 Å². The number of nitrogens with zero attached hydrogens (tertiary/aromatic N) is 2. The number of rotatable bonds is 8. The topological polar surface area (TPSA) is 68.0 Å². The van der Waals surface area contributed by atoms with Crippen LogP contribution in [0.15, 0.2) is 70.3 Å². The molecule has 0 fully saturated rings. The number of aromatic nitrogens is 2. The van der Waals surface area contributed by atoms with Crippen molar-refractivity contribution in [3.05, 3.63) is 66.2 Å². The molecule has 27 heavy (non-hydrogen) atoms. The number of nitrogens with one attached hydrogen (secondary N) is 1. The zero-order chi connectivity index (χ0) is 19.1. The fourth-order valence-corrected chi connectivity index (χ4v) is 3.46. The summed E-state index contributed by atoms with van der Waals surface area (Å²) in [6.45, 7) is 4.59. The minimum absolute atomic E-state index is 0.0335. The van der Waals surface area contributed by atoms with Crippen LogP contribution in [0.25, 0.3) is 11.5 Å². The van der Waals surface area contributed by atoms with Gasteiger partial charge in [-0.1, -0.05) is 67.2 Å². The number of carbonyl (C=O) groups excluding carboxylic acids is 1. The molecule has 0 aliphatic rings. The fraction of sp³-hybridized carbons (Fsp3) is 0.286. The molecule has 5 nitrogen and oxygen atoms in total. The van der Waals surface area contributed by atoms with Crippen LogP contribution >= 0.6 is 11.8 Å². The minimum Gasteiger partial charge on any atom is -0.411 e. The number of amides is 1. The highest BCUT2D eigenvalue weighted by atomic mass is 32.2. The molecule has 1 aromatic heterocycles. The van der Waals surface area contributed by atoms with E-state index in [1.54, 1.807) is 0 Å². The maximum atomic E-state index is 12.5. The van der Waals surface area contributed by atoms with Crippen molar-refractivity contribution in [2.45, 2.75) is 36.7 Å². The molecule has 0 radical (unpaired) electrons. The summed E-state index contributed by atoms with van der Waals surface area (Å²) in [5.74, 6) is 0.732. The quantitative estimate of drug-likeness (QED) is 0.581. The molecule has 0 spiro atoms. The van der Waals surface area contributed by atoms with Gasteiger partial charge < -0.3 is 9.73 Å². The van der Waals surface area contributed by atoms with Crippen molar-refractivity contribution in [1.29, 1.82) is 0 Å². The molecule has 0 bridgehead atoms. The Morgan fingerprint density at radius 1 is 1.07 bits per heavy atom. The molecule has 3 aromatic rings. The normalized spacial score (nSPS) is 13.1. The monoisotopic (exact) mass is 381 g/mol. The lowest BCUT2D eigenvalue weighted by molar-refractivity contribution is -0.120. The van der Waals surface area contributed by atoms with E-state index >= 15 is 0 Å². The number of hydrogen-bond donors (Lipinski definition) is 1. The molecule has 0 saturated heterocycles. The SMILES string of the molecule is CC[C@@H](CNC(=O)[C@@H](C)Sc1nnc(-c2ccccc2)o1)c1ccccc1. The van der Waals surface area contributed by atoms with Crippen LogP contribution in [0, 0.1) is 0 Å². The molecule has 0 saturated carbocycles. The molecule has 0 aliphatic carbocycles. The molecule has 140 valence electrons. The highest BCUT2D eigenvalue weighted by Gasteiger charge is 2.20. The van der Waals surface area contributed by atoms with Gasteiger partial charge in [0.1, 0.15) is 0 Å². The van der Waals surface area contributed by atoms with Gasteiger partial charge in [0.2, 0.25) is 11.8 Å². The zero-order valence-corrected chi connectivity index (χ0v) is 16.3. The first-order valence-electron chi connectivity index (χ1n) is 9.05. The highest BCUT2D eigenvalue weighted by molar-refractivity contribution is 8.00. The van der Waals surface area contributed by atoms with Gasteiger partial charge in [0.05, 0.1) is 5.25 Å². The van der Waals surface area contributed by atoms with Crippen LogP contribution in [-0.2, 0) is 4.79 Å². The lowest BCUT2D eigenvalue weighted by Crippen LogP contribution is -2.34. The zero-order valence-electron chi connectivity index (χ0n) is 15.5. The van der Waals surface area contributed by atoms with E-state index in [9.17, 15) is 4.79 Å². The molecule has 1 amide bonds. The summed E-state index contributed by atoms with van der Waals surface area (Å²) < 4.78 is 5.67. The number of hydrogen-bond acceptors (Lipinski definition) is 5. The molecule has 0 unspecified atom stereocenters. The predicted octanol–water partition coefficient (Wildman–Crippen LogP) is 4.53. The summed E-state index contributed by atoms with van der Waals surface area (Å²) in [5, 5.41) is 11.2. The summed E-state index contributed by atoms with van der Waals surface area (Å²) >= 11 is 1.27. The first-order valence-corrected chi connectivity index (χ1v) is 9.93. The second-order valence-electron chi connectivity index (χ2n) is 6.26. The van der Waals surface area contributed by atoms with Crippen LogP contribution in [0.3, 0.4) is 0 Å². The second-order valence-corrected chi connectivity index (χ2v) is 7.55. The van der Waals surface area contributed by atoms with Crippen LogP contribution in [-0.4, -0.2) is 27.9 Å². The standard InChI is InChI=1S/C21H23N3O2S/c1-3-16(17-10-6-4-7-11-17)14-22-19(25)15(2)27-21-24-23-20(26-21)18-12-8-5-9-13-18/h4-13,15-16H,3,14H2,1-2H3,(H,22,25)/t15-,16+/m1/s1. The number of benzene rings is 2. The summed E-state index contributed by atoms with van der Waals surface area (Å²) in [4.78, 5) is 12.5. The largest absolute Gasteiger partial charge is 0.411 e. The lowest BCUT2D eigenvalue weighted by Gasteiger charge is -2.17. The summed E-state index contributed by atoms with van der Waals surface area (Å²) in [6, 6.07) is 19.8. The van der Waals surface area contributed by atoms with E-state index in [1.807, 2.05) is 55.5 Å². The Hall–Kier alpha value is -2.60. The molecule has 2 aromatic carbocycles. The summed E-state index contributed by atoms with van der Waals surface area (Å²) in [7, 11) is 0. The molecule has 3 rings (SSSR count). The van der Waals surface area contributed by atoms with Crippen molar-refractivity contribution in [1.82, 2.24) is 15.5 Å². The van der Waals surface area contributed by atoms with Crippen LogP contribution in [0.1, 0.15) is 31.7 Å². The van der Waals surface area contributed by atoms with Crippen molar-refractivity contribution in [3.63, 3.8) is 0 Å². The Bertz CT molecular complexity index is 852. The molecule has 0 aliphatic heterocycles. The van der Waals surface area contributed by atoms with E-state index in [0.717, 1.165) is 12.0 Å². The molecular formula is C21H23N3O2S. The molecule has 6 heteroatoms. The van der Waals surface area contributed by atoms with Gasteiger partial charge in [-0.05, 0) is 31.0 Å². The summed E-state index contributed by atoms with van der Waals surface area (Å²) in [6.07, 6.45) is 0.968. The van der Waals surface area contributed by atoms with Crippen molar-refractivity contribution in [2.24, 2.45) is 0 Å². The maximum Gasteiger partial charge on any atom is 0.277 e. The smallest absolute Gasteiger partial charge is 0.277 e. The van der Waals surface area contributed by atoms with Crippen molar-refractivity contribution < 1.29 is 9.21 Å². The lowest BCUT2D eigenvalue weighted by atomic mass is 9.96.